The maximum Gasteiger partial charge on any atom is 0.252 e. The summed E-state index contributed by atoms with van der Waals surface area (Å²) in [5.74, 6) is 0. The number of anilines is 6. The van der Waals surface area contributed by atoms with E-state index in [1.807, 2.05) is 30.6 Å². The third-order valence-corrected chi connectivity index (χ3v) is 13.3. The van der Waals surface area contributed by atoms with Gasteiger partial charge in [-0.3, -0.25) is 4.98 Å². The van der Waals surface area contributed by atoms with Gasteiger partial charge in [-0.2, -0.15) is 0 Å². The number of fused-ring (bicyclic) bond motifs is 4. The number of halogens is 2. The summed E-state index contributed by atoms with van der Waals surface area (Å²) in [7, 11) is 0. The maximum absolute atomic E-state index is 7.15. The fourth-order valence-corrected chi connectivity index (χ4v) is 10.4. The van der Waals surface area contributed by atoms with Crippen LogP contribution in [0.25, 0.3) is 55.6 Å². The summed E-state index contributed by atoms with van der Waals surface area (Å²) in [6, 6.07) is 77.9. The topological polar surface area (TPSA) is 19.4 Å². The van der Waals surface area contributed by atoms with Crippen molar-refractivity contribution in [2.24, 2.45) is 0 Å². The molecule has 1 aromatic heterocycles. The third-order valence-electron chi connectivity index (χ3n) is 12.8. The van der Waals surface area contributed by atoms with Crippen molar-refractivity contribution in [1.29, 1.82) is 0 Å². The molecule has 0 atom stereocenters. The molecule has 65 heavy (non-hydrogen) atoms. The van der Waals surface area contributed by atoms with E-state index in [1.54, 1.807) is 0 Å². The zero-order valence-corrected chi connectivity index (χ0v) is 36.6. The van der Waals surface area contributed by atoms with Crippen LogP contribution in [0.15, 0.2) is 231 Å². The second-order valence-corrected chi connectivity index (χ2v) is 17.4. The molecule has 2 aliphatic rings. The van der Waals surface area contributed by atoms with E-state index in [9.17, 15) is 0 Å². The van der Waals surface area contributed by atoms with E-state index in [4.69, 9.17) is 23.2 Å². The number of rotatable bonds is 7. The van der Waals surface area contributed by atoms with Crippen LogP contribution >= 0.6 is 23.2 Å². The summed E-state index contributed by atoms with van der Waals surface area (Å²) in [5, 5.41) is 1.33. The Morgan fingerprint density at radius 1 is 0.338 bits per heavy atom. The molecule has 9 aromatic carbocycles. The molecule has 306 valence electrons. The third kappa shape index (κ3) is 6.65. The minimum atomic E-state index is -0.164. The molecule has 0 spiro atoms. The first-order valence-corrected chi connectivity index (χ1v) is 22.6. The summed E-state index contributed by atoms with van der Waals surface area (Å²) in [6.45, 7) is -0.164. The van der Waals surface area contributed by atoms with Gasteiger partial charge in [0.2, 0.25) is 0 Å². The first-order valence-electron chi connectivity index (χ1n) is 21.9. The van der Waals surface area contributed by atoms with Gasteiger partial charge in [0, 0.05) is 73.0 Å². The SMILES string of the molecule is Clc1ccc2c(c1)N(c1c(-c3ccccc3)cccc1-c1ccccc1)c1cc(-c3cccnc3)cc3c1B2c1ccc(Cl)cc1N3c1c(-c2ccccc2)cccc1-c1ccccc1. The zero-order valence-electron chi connectivity index (χ0n) is 35.1. The van der Waals surface area contributed by atoms with Gasteiger partial charge in [0.25, 0.3) is 6.71 Å². The quantitative estimate of drug-likeness (QED) is 0.149. The van der Waals surface area contributed by atoms with Crippen LogP contribution in [-0.2, 0) is 0 Å². The Morgan fingerprint density at radius 2 is 0.723 bits per heavy atom. The predicted octanol–water partition coefficient (Wildman–Crippen LogP) is 14.8. The molecule has 3 heterocycles. The molecule has 0 aliphatic carbocycles. The van der Waals surface area contributed by atoms with Gasteiger partial charge in [-0.25, -0.2) is 0 Å². The molecule has 6 heteroatoms. The Kier molecular flexibility index (Phi) is 9.71. The van der Waals surface area contributed by atoms with Crippen molar-refractivity contribution in [2.45, 2.75) is 0 Å². The highest BCUT2D eigenvalue weighted by atomic mass is 35.5. The molecule has 10 aromatic rings. The number of para-hydroxylation sites is 2. The van der Waals surface area contributed by atoms with Crippen LogP contribution in [0.1, 0.15) is 0 Å². The first-order chi connectivity index (χ1) is 32.1. The average molecular weight is 871 g/mol. The van der Waals surface area contributed by atoms with E-state index in [0.29, 0.717) is 10.0 Å². The van der Waals surface area contributed by atoms with Crippen molar-refractivity contribution >= 4 is 80.4 Å². The molecule has 0 bridgehead atoms. The van der Waals surface area contributed by atoms with Gasteiger partial charge in [-0.1, -0.05) is 199 Å². The normalized spacial score (nSPS) is 12.4. The van der Waals surface area contributed by atoms with Crippen molar-refractivity contribution in [3.8, 4) is 55.6 Å². The van der Waals surface area contributed by atoms with E-state index >= 15 is 0 Å². The van der Waals surface area contributed by atoms with E-state index < -0.39 is 0 Å². The highest BCUT2D eigenvalue weighted by Gasteiger charge is 2.45. The van der Waals surface area contributed by atoms with E-state index in [1.165, 1.54) is 5.46 Å². The van der Waals surface area contributed by atoms with Gasteiger partial charge in [0.1, 0.15) is 0 Å². The summed E-state index contributed by atoms with van der Waals surface area (Å²) < 4.78 is 0. The second-order valence-electron chi connectivity index (χ2n) is 16.5. The Bertz CT molecular complexity index is 3080. The highest BCUT2D eigenvalue weighted by Crippen LogP contribution is 2.53. The van der Waals surface area contributed by atoms with Crippen LogP contribution < -0.4 is 26.2 Å². The molecule has 0 unspecified atom stereocenters. The molecular weight excluding hydrogens is 832 g/mol. The van der Waals surface area contributed by atoms with Gasteiger partial charge >= 0.3 is 0 Å². The van der Waals surface area contributed by atoms with E-state index in [-0.39, 0.29) is 6.71 Å². The average Bonchev–Trinajstić information content (AvgIpc) is 3.37. The number of aromatic nitrogens is 1. The Labute approximate surface area is 389 Å². The lowest BCUT2D eigenvalue weighted by Gasteiger charge is -2.46. The summed E-state index contributed by atoms with van der Waals surface area (Å²) in [6.07, 6.45) is 3.80. The fourth-order valence-electron chi connectivity index (χ4n) is 10.1. The number of hydrogen-bond donors (Lipinski definition) is 0. The lowest BCUT2D eigenvalue weighted by atomic mass is 9.33. The van der Waals surface area contributed by atoms with Gasteiger partial charge in [-0.15, -0.1) is 0 Å². The van der Waals surface area contributed by atoms with Crippen molar-refractivity contribution in [1.82, 2.24) is 4.98 Å². The fraction of sp³-hybridized carbons (Fsp3) is 0. The minimum Gasteiger partial charge on any atom is -0.310 e. The number of nitrogens with zero attached hydrogens (tertiary/aromatic N) is 3. The Morgan fingerprint density at radius 3 is 1.09 bits per heavy atom. The number of pyridine rings is 1. The Hall–Kier alpha value is -7.63. The van der Waals surface area contributed by atoms with Crippen LogP contribution in [0.5, 0.6) is 0 Å². The molecule has 0 radical (unpaired) electrons. The van der Waals surface area contributed by atoms with Crippen molar-refractivity contribution < 1.29 is 0 Å². The molecule has 0 saturated heterocycles. The molecular formula is C59H38BCl2N3. The van der Waals surface area contributed by atoms with Gasteiger partial charge < -0.3 is 9.80 Å². The smallest absolute Gasteiger partial charge is 0.252 e. The number of hydrogen-bond acceptors (Lipinski definition) is 3. The maximum atomic E-state index is 7.15. The van der Waals surface area contributed by atoms with Gasteiger partial charge in [0.15, 0.2) is 0 Å². The molecule has 2 aliphatic heterocycles. The van der Waals surface area contributed by atoms with E-state index in [0.717, 1.165) is 101 Å². The number of benzene rings is 9. The van der Waals surface area contributed by atoms with Crippen LogP contribution in [-0.4, -0.2) is 11.7 Å². The van der Waals surface area contributed by atoms with Crippen molar-refractivity contribution in [2.75, 3.05) is 9.80 Å². The zero-order chi connectivity index (χ0) is 43.4. The summed E-state index contributed by atoms with van der Waals surface area (Å²) in [4.78, 5) is 9.64. The molecule has 3 nitrogen and oxygen atoms in total. The van der Waals surface area contributed by atoms with Crippen molar-refractivity contribution in [3.63, 3.8) is 0 Å². The van der Waals surface area contributed by atoms with Crippen LogP contribution in [0.2, 0.25) is 10.0 Å². The summed E-state index contributed by atoms with van der Waals surface area (Å²) >= 11 is 14.3. The molecule has 12 rings (SSSR count). The molecule has 0 amide bonds. The van der Waals surface area contributed by atoms with Crippen LogP contribution in [0, 0.1) is 0 Å². The molecule has 0 saturated carbocycles. The monoisotopic (exact) mass is 869 g/mol. The largest absolute Gasteiger partial charge is 0.310 e. The summed E-state index contributed by atoms with van der Waals surface area (Å²) in [5.41, 5.74) is 20.8. The van der Waals surface area contributed by atoms with Crippen LogP contribution in [0.3, 0.4) is 0 Å². The highest BCUT2D eigenvalue weighted by molar-refractivity contribution is 7.00. The van der Waals surface area contributed by atoms with Gasteiger partial charge in [-0.05, 0) is 86.7 Å². The first kappa shape index (κ1) is 39.0. The second kappa shape index (κ2) is 16.2. The van der Waals surface area contributed by atoms with E-state index in [2.05, 4.69) is 215 Å². The Balaban J connectivity index is 1.26. The predicted molar refractivity (Wildman–Crippen MR) is 275 cm³/mol. The lowest BCUT2D eigenvalue weighted by molar-refractivity contribution is 1.25. The minimum absolute atomic E-state index is 0.164. The molecule has 0 N–H and O–H groups in total. The van der Waals surface area contributed by atoms with Gasteiger partial charge in [0.05, 0.1) is 11.4 Å². The standard InChI is InChI=1S/C59H38BCl2N3/c61-45-29-31-51-53(36-45)64(58-47(39-16-5-1-6-17-39)25-13-26-48(58)40-18-7-2-8-19-40)55-34-44(43-24-15-33-63-38-43)35-56-57(55)60(51)52-32-30-46(62)37-54(52)65(56)59-49(41-20-9-3-10-21-41)27-14-28-50(59)42-22-11-4-12-23-42/h1-38H. The van der Waals surface area contributed by atoms with Crippen molar-refractivity contribution in [3.05, 3.63) is 241 Å². The molecule has 0 fully saturated rings. The lowest BCUT2D eigenvalue weighted by Crippen LogP contribution is -2.61. The van der Waals surface area contributed by atoms with Crippen LogP contribution in [0.4, 0.5) is 34.1 Å².